The normalized spacial score (nSPS) is 10.9. The van der Waals surface area contributed by atoms with Crippen molar-refractivity contribution in [1.29, 1.82) is 0 Å². The minimum absolute atomic E-state index is 0.167. The molecule has 1 amide bonds. The molecule has 0 aliphatic rings. The number of H-pyrrole nitrogens is 1. The van der Waals surface area contributed by atoms with Gasteiger partial charge in [-0.3, -0.25) is 9.59 Å². The minimum atomic E-state index is -0.368. The molecule has 0 saturated heterocycles. The Labute approximate surface area is 127 Å². The average Bonchev–Trinajstić information content (AvgIpc) is 2.84. The lowest BCUT2D eigenvalue weighted by Crippen LogP contribution is -2.30. The van der Waals surface area contributed by atoms with E-state index in [0.717, 1.165) is 16.4 Å². The number of aromatic nitrogens is 2. The molecule has 2 rings (SSSR count). The first-order valence-corrected chi connectivity index (χ1v) is 7.69. The van der Waals surface area contributed by atoms with E-state index in [1.807, 2.05) is 5.38 Å². The molecule has 0 aliphatic carbocycles. The Kier molecular flexibility index (Phi) is 4.57. The van der Waals surface area contributed by atoms with Crippen LogP contribution in [-0.2, 0) is 6.54 Å². The Balaban J connectivity index is 2.10. The molecule has 2 N–H and O–H groups in total. The first-order valence-electron chi connectivity index (χ1n) is 6.81. The van der Waals surface area contributed by atoms with E-state index in [-0.39, 0.29) is 17.0 Å². The van der Waals surface area contributed by atoms with E-state index in [4.69, 9.17) is 0 Å². The second-order valence-corrected chi connectivity index (χ2v) is 6.24. The van der Waals surface area contributed by atoms with Crippen molar-refractivity contribution < 1.29 is 4.79 Å². The molecule has 0 saturated carbocycles. The SMILES string of the molecule is Cc1cc(C)c(C(=O)NCc2csc(C(C)C)n2)c(=O)[nH]1. The van der Waals surface area contributed by atoms with Crippen LogP contribution in [0.15, 0.2) is 16.2 Å². The van der Waals surface area contributed by atoms with Crippen LogP contribution in [0.2, 0.25) is 0 Å². The van der Waals surface area contributed by atoms with Gasteiger partial charge in [0.15, 0.2) is 0 Å². The fourth-order valence-electron chi connectivity index (χ4n) is 2.06. The van der Waals surface area contributed by atoms with Gasteiger partial charge in [-0.1, -0.05) is 13.8 Å². The zero-order valence-electron chi connectivity index (χ0n) is 12.6. The van der Waals surface area contributed by atoms with Gasteiger partial charge >= 0.3 is 0 Å². The number of thiazole rings is 1. The zero-order valence-corrected chi connectivity index (χ0v) is 13.4. The molecular formula is C15H19N3O2S. The molecule has 0 aromatic carbocycles. The van der Waals surface area contributed by atoms with Crippen LogP contribution in [0.1, 0.15) is 52.1 Å². The molecule has 0 atom stereocenters. The highest BCUT2D eigenvalue weighted by Crippen LogP contribution is 2.19. The summed E-state index contributed by atoms with van der Waals surface area (Å²) in [5.74, 6) is 0.00878. The Morgan fingerprint density at radius 2 is 2.14 bits per heavy atom. The van der Waals surface area contributed by atoms with E-state index in [1.54, 1.807) is 31.3 Å². The Hall–Kier alpha value is -1.95. The van der Waals surface area contributed by atoms with Gasteiger partial charge in [0.25, 0.3) is 11.5 Å². The first kappa shape index (κ1) is 15.4. The fourth-order valence-corrected chi connectivity index (χ4v) is 2.90. The molecule has 0 unspecified atom stereocenters. The van der Waals surface area contributed by atoms with E-state index in [0.29, 0.717) is 18.0 Å². The van der Waals surface area contributed by atoms with Crippen LogP contribution >= 0.6 is 11.3 Å². The van der Waals surface area contributed by atoms with Crippen molar-refractivity contribution >= 4 is 17.2 Å². The number of hydrogen-bond donors (Lipinski definition) is 2. The van der Waals surface area contributed by atoms with E-state index < -0.39 is 0 Å². The van der Waals surface area contributed by atoms with Crippen molar-refractivity contribution in [2.24, 2.45) is 0 Å². The summed E-state index contributed by atoms with van der Waals surface area (Å²) < 4.78 is 0. The third-order valence-electron chi connectivity index (χ3n) is 3.09. The summed E-state index contributed by atoms with van der Waals surface area (Å²) in [6, 6.07) is 1.79. The van der Waals surface area contributed by atoms with Crippen molar-refractivity contribution in [3.05, 3.63) is 49.3 Å². The molecular weight excluding hydrogens is 286 g/mol. The maximum absolute atomic E-state index is 12.2. The van der Waals surface area contributed by atoms with E-state index in [2.05, 4.69) is 29.1 Å². The van der Waals surface area contributed by atoms with Crippen LogP contribution in [-0.4, -0.2) is 15.9 Å². The van der Waals surface area contributed by atoms with Crippen molar-refractivity contribution in [2.75, 3.05) is 0 Å². The molecule has 0 radical (unpaired) electrons. The Morgan fingerprint density at radius 1 is 1.43 bits per heavy atom. The third kappa shape index (κ3) is 3.58. The molecule has 112 valence electrons. The van der Waals surface area contributed by atoms with Crippen molar-refractivity contribution in [3.8, 4) is 0 Å². The van der Waals surface area contributed by atoms with Gasteiger partial charge in [0.2, 0.25) is 0 Å². The molecule has 0 fully saturated rings. The lowest BCUT2D eigenvalue weighted by Gasteiger charge is -2.06. The van der Waals surface area contributed by atoms with Crippen LogP contribution in [0.4, 0.5) is 0 Å². The van der Waals surface area contributed by atoms with Gasteiger partial charge in [0.1, 0.15) is 5.56 Å². The summed E-state index contributed by atoms with van der Waals surface area (Å²) in [7, 11) is 0. The summed E-state index contributed by atoms with van der Waals surface area (Å²) in [4.78, 5) is 31.1. The lowest BCUT2D eigenvalue weighted by atomic mass is 10.1. The molecule has 0 aliphatic heterocycles. The number of hydrogen-bond acceptors (Lipinski definition) is 4. The molecule has 0 bridgehead atoms. The molecule has 6 heteroatoms. The van der Waals surface area contributed by atoms with Crippen molar-refractivity contribution in [1.82, 2.24) is 15.3 Å². The average molecular weight is 305 g/mol. The lowest BCUT2D eigenvalue weighted by molar-refractivity contribution is 0.0948. The topological polar surface area (TPSA) is 74.8 Å². The van der Waals surface area contributed by atoms with Gasteiger partial charge < -0.3 is 10.3 Å². The number of amides is 1. The van der Waals surface area contributed by atoms with Gasteiger partial charge in [-0.05, 0) is 25.5 Å². The number of rotatable bonds is 4. The second-order valence-electron chi connectivity index (χ2n) is 5.35. The van der Waals surface area contributed by atoms with Crippen molar-refractivity contribution in [3.63, 3.8) is 0 Å². The van der Waals surface area contributed by atoms with Crippen LogP contribution < -0.4 is 10.9 Å². The maximum Gasteiger partial charge on any atom is 0.261 e. The number of nitrogens with zero attached hydrogens (tertiary/aromatic N) is 1. The highest BCUT2D eigenvalue weighted by molar-refractivity contribution is 7.09. The summed E-state index contributed by atoms with van der Waals surface area (Å²) in [6.07, 6.45) is 0. The highest BCUT2D eigenvalue weighted by atomic mass is 32.1. The fraction of sp³-hybridized carbons (Fsp3) is 0.400. The van der Waals surface area contributed by atoms with Gasteiger partial charge in [-0.2, -0.15) is 0 Å². The van der Waals surface area contributed by atoms with Crippen LogP contribution in [0, 0.1) is 13.8 Å². The van der Waals surface area contributed by atoms with Gasteiger partial charge in [0.05, 0.1) is 17.2 Å². The van der Waals surface area contributed by atoms with Crippen LogP contribution in [0.25, 0.3) is 0 Å². The smallest absolute Gasteiger partial charge is 0.261 e. The largest absolute Gasteiger partial charge is 0.346 e. The first-order chi connectivity index (χ1) is 9.88. The van der Waals surface area contributed by atoms with Gasteiger partial charge in [-0.25, -0.2) is 4.98 Å². The second kappa shape index (κ2) is 6.22. The molecule has 5 nitrogen and oxygen atoms in total. The summed E-state index contributed by atoms with van der Waals surface area (Å²) in [5.41, 5.74) is 2.05. The molecule has 21 heavy (non-hydrogen) atoms. The predicted octanol–water partition coefficient (Wildman–Crippen LogP) is 2.50. The predicted molar refractivity (Wildman–Crippen MR) is 83.9 cm³/mol. The Morgan fingerprint density at radius 3 is 2.71 bits per heavy atom. The summed E-state index contributed by atoms with van der Waals surface area (Å²) in [6.45, 7) is 8.04. The van der Waals surface area contributed by atoms with Crippen LogP contribution in [0.3, 0.4) is 0 Å². The quantitative estimate of drug-likeness (QED) is 0.911. The number of aryl methyl sites for hydroxylation is 2. The van der Waals surface area contributed by atoms with Crippen molar-refractivity contribution in [2.45, 2.75) is 40.2 Å². The van der Waals surface area contributed by atoms with E-state index in [1.165, 1.54) is 0 Å². The van der Waals surface area contributed by atoms with Crippen LogP contribution in [0.5, 0.6) is 0 Å². The number of nitrogens with one attached hydrogen (secondary N) is 2. The van der Waals surface area contributed by atoms with Gasteiger partial charge in [-0.15, -0.1) is 11.3 Å². The minimum Gasteiger partial charge on any atom is -0.346 e. The van der Waals surface area contributed by atoms with Gasteiger partial charge in [0, 0.05) is 17.0 Å². The molecule has 2 aromatic heterocycles. The number of carbonyl (C=O) groups is 1. The molecule has 0 spiro atoms. The van der Waals surface area contributed by atoms with E-state index in [9.17, 15) is 9.59 Å². The highest BCUT2D eigenvalue weighted by Gasteiger charge is 2.14. The Bertz CT molecular complexity index is 716. The number of carbonyl (C=O) groups excluding carboxylic acids is 1. The maximum atomic E-state index is 12.2. The zero-order chi connectivity index (χ0) is 15.6. The molecule has 2 heterocycles. The number of pyridine rings is 1. The summed E-state index contributed by atoms with van der Waals surface area (Å²) in [5, 5.41) is 5.73. The monoisotopic (exact) mass is 305 g/mol. The van der Waals surface area contributed by atoms with E-state index >= 15 is 0 Å². The third-order valence-corrected chi connectivity index (χ3v) is 4.28. The number of aromatic amines is 1. The standard InChI is InChI=1S/C15H19N3O2S/c1-8(2)15-18-11(7-21-15)6-16-13(19)12-9(3)5-10(4)17-14(12)20/h5,7-8H,6H2,1-4H3,(H,16,19)(H,17,20). The molecule has 2 aromatic rings. The summed E-state index contributed by atoms with van der Waals surface area (Å²) >= 11 is 1.58.